The van der Waals surface area contributed by atoms with Crippen molar-refractivity contribution >= 4 is 52.8 Å². The fraction of sp³-hybridized carbons (Fsp3) is 0.279. The molecule has 58 heavy (non-hydrogen) atoms. The number of fused-ring (bicyclic) bond motifs is 1. The van der Waals surface area contributed by atoms with Crippen molar-refractivity contribution < 1.29 is 28.8 Å². The Bertz CT molecular complexity index is 2370. The van der Waals surface area contributed by atoms with Crippen LogP contribution in [-0.4, -0.2) is 82.5 Å². The van der Waals surface area contributed by atoms with Gasteiger partial charge >= 0.3 is 0 Å². The third-order valence-corrected chi connectivity index (χ3v) is 10.2. The van der Waals surface area contributed by atoms with Crippen LogP contribution in [0.25, 0.3) is 11.3 Å². The molecule has 3 aromatic carbocycles. The molecule has 2 saturated heterocycles. The molecule has 0 saturated carbocycles. The predicted molar refractivity (Wildman–Crippen MR) is 212 cm³/mol. The number of unbranched alkanes of at least 4 members (excludes halogenated alkanes) is 1. The number of aromatic nitrogens is 2. The molecule has 15 heteroatoms. The standard InChI is InChI=1S/C43H39N9O6/c44-20-23-46-38(54)29-8-6-28(7-9-29)35-17-22-47-43(49-35)48-31-10-12-32(13-11-31)51-24-18-30(19-25-51)39(55)45-21-3-1-2-4-27-5-14-33-34(26-27)42(58)52(41(33)57)36-15-16-37(53)50-40(36)56/h5-14,17,22,26,30,36H,1,3,15-16,18-19,21,23-25H2,(H,45,55)(H,46,54)(H,47,48,49)(H,50,53,56). The summed E-state index contributed by atoms with van der Waals surface area (Å²) in [4.78, 5) is 87.0. The van der Waals surface area contributed by atoms with Gasteiger partial charge < -0.3 is 20.9 Å². The maximum absolute atomic E-state index is 13.1. The molecule has 0 spiro atoms. The van der Waals surface area contributed by atoms with Gasteiger partial charge in [0.15, 0.2) is 0 Å². The van der Waals surface area contributed by atoms with Gasteiger partial charge in [-0.15, -0.1) is 0 Å². The molecule has 1 unspecified atom stereocenters. The van der Waals surface area contributed by atoms with Crippen LogP contribution in [0.2, 0.25) is 0 Å². The molecule has 0 radical (unpaired) electrons. The molecule has 4 N–H and O–H groups in total. The molecule has 7 rings (SSSR count). The zero-order valence-electron chi connectivity index (χ0n) is 31.4. The number of piperidine rings is 2. The first-order valence-corrected chi connectivity index (χ1v) is 19.0. The van der Waals surface area contributed by atoms with Crippen LogP contribution < -0.4 is 26.2 Å². The second-order valence-electron chi connectivity index (χ2n) is 14.0. The summed E-state index contributed by atoms with van der Waals surface area (Å²) in [5.41, 5.74) is 4.79. The minimum absolute atomic E-state index is 0.0359. The van der Waals surface area contributed by atoms with E-state index in [-0.39, 0.29) is 48.2 Å². The molecule has 1 aromatic heterocycles. The number of imide groups is 2. The zero-order chi connectivity index (χ0) is 40.6. The van der Waals surface area contributed by atoms with Crippen molar-refractivity contribution in [2.75, 3.05) is 36.4 Å². The highest BCUT2D eigenvalue weighted by atomic mass is 16.2. The van der Waals surface area contributed by atoms with Crippen molar-refractivity contribution in [3.05, 3.63) is 101 Å². The van der Waals surface area contributed by atoms with Crippen LogP contribution in [0.3, 0.4) is 0 Å². The normalized spacial score (nSPS) is 16.4. The van der Waals surface area contributed by atoms with E-state index in [9.17, 15) is 28.8 Å². The SMILES string of the molecule is N#CCNC(=O)c1ccc(-c2ccnc(Nc3ccc(N4CCC(C(=O)NCCCC#Cc5ccc6c(c5)C(=O)N(C5CCC(=O)NC5=O)C6=O)CC4)cc3)n2)cc1. The lowest BCUT2D eigenvalue weighted by molar-refractivity contribution is -0.136. The van der Waals surface area contributed by atoms with Gasteiger partial charge in [0.1, 0.15) is 12.6 Å². The van der Waals surface area contributed by atoms with E-state index in [4.69, 9.17) is 5.26 Å². The molecule has 6 amide bonds. The number of carbonyl (C=O) groups is 6. The zero-order valence-corrected chi connectivity index (χ0v) is 31.4. The summed E-state index contributed by atoms with van der Waals surface area (Å²) in [6.45, 7) is 1.93. The molecule has 3 aliphatic heterocycles. The number of nitriles is 1. The first-order chi connectivity index (χ1) is 28.2. The van der Waals surface area contributed by atoms with Crippen molar-refractivity contribution in [2.24, 2.45) is 5.92 Å². The Hall–Kier alpha value is -7.39. The van der Waals surface area contributed by atoms with Gasteiger partial charge in [-0.1, -0.05) is 24.0 Å². The van der Waals surface area contributed by atoms with E-state index in [2.05, 4.69) is 48.0 Å². The highest BCUT2D eigenvalue weighted by Crippen LogP contribution is 2.29. The van der Waals surface area contributed by atoms with Crippen molar-refractivity contribution in [3.63, 3.8) is 0 Å². The van der Waals surface area contributed by atoms with Gasteiger partial charge in [0.05, 0.1) is 22.9 Å². The number of anilines is 3. The van der Waals surface area contributed by atoms with Gasteiger partial charge in [-0.05, 0) is 86.3 Å². The smallest absolute Gasteiger partial charge is 0.262 e. The Morgan fingerprint density at radius 3 is 2.38 bits per heavy atom. The molecule has 0 aliphatic carbocycles. The lowest BCUT2D eigenvalue weighted by Crippen LogP contribution is -2.54. The van der Waals surface area contributed by atoms with Gasteiger partial charge in [-0.25, -0.2) is 9.97 Å². The van der Waals surface area contributed by atoms with Crippen molar-refractivity contribution in [1.82, 2.24) is 30.8 Å². The third kappa shape index (κ3) is 8.85. The highest BCUT2D eigenvalue weighted by molar-refractivity contribution is 6.23. The molecule has 4 heterocycles. The largest absolute Gasteiger partial charge is 0.371 e. The lowest BCUT2D eigenvalue weighted by atomic mass is 9.95. The number of nitrogens with one attached hydrogen (secondary N) is 4. The van der Waals surface area contributed by atoms with E-state index >= 15 is 0 Å². The summed E-state index contributed by atoms with van der Waals surface area (Å²) < 4.78 is 0. The minimum atomic E-state index is -1.02. The molecule has 292 valence electrons. The number of benzene rings is 3. The Kier molecular flexibility index (Phi) is 11.8. The van der Waals surface area contributed by atoms with E-state index in [0.717, 1.165) is 47.8 Å². The topological polar surface area (TPSA) is 207 Å². The number of hydrogen-bond donors (Lipinski definition) is 4. The molecule has 3 aliphatic rings. The first-order valence-electron chi connectivity index (χ1n) is 19.0. The average Bonchev–Trinajstić information content (AvgIpc) is 3.49. The fourth-order valence-electron chi connectivity index (χ4n) is 7.12. The van der Waals surface area contributed by atoms with Crippen molar-refractivity contribution in [1.29, 1.82) is 5.26 Å². The number of amides is 6. The number of nitrogens with zero attached hydrogens (tertiary/aromatic N) is 5. The second-order valence-corrected chi connectivity index (χ2v) is 14.0. The molecule has 1 atom stereocenters. The van der Waals surface area contributed by atoms with E-state index in [1.165, 1.54) is 6.07 Å². The Balaban J connectivity index is 0.826. The minimum Gasteiger partial charge on any atom is -0.371 e. The Morgan fingerprint density at radius 2 is 1.64 bits per heavy atom. The van der Waals surface area contributed by atoms with Crippen molar-refractivity contribution in [2.45, 2.75) is 44.6 Å². The molecule has 2 fully saturated rings. The van der Waals surface area contributed by atoms with Crippen molar-refractivity contribution in [3.8, 4) is 29.2 Å². The van der Waals surface area contributed by atoms with Crippen LogP contribution in [-0.2, 0) is 14.4 Å². The van der Waals surface area contributed by atoms with Crippen LogP contribution in [0.1, 0.15) is 75.2 Å². The maximum atomic E-state index is 13.1. The van der Waals surface area contributed by atoms with Crippen LogP contribution in [0, 0.1) is 29.1 Å². The number of carbonyl (C=O) groups excluding carboxylic acids is 6. The fourth-order valence-corrected chi connectivity index (χ4v) is 7.12. The molecular formula is C43H39N9O6. The summed E-state index contributed by atoms with van der Waals surface area (Å²) in [5, 5.41) is 19.7. The van der Waals surface area contributed by atoms with Crippen LogP contribution in [0.4, 0.5) is 17.3 Å². The van der Waals surface area contributed by atoms with Crippen LogP contribution in [0.5, 0.6) is 0 Å². The van der Waals surface area contributed by atoms with Gasteiger partial charge in [-0.3, -0.25) is 39.0 Å². The lowest BCUT2D eigenvalue weighted by Gasteiger charge is -2.33. The summed E-state index contributed by atoms with van der Waals surface area (Å²) in [6.07, 6.45) is 4.46. The summed E-state index contributed by atoms with van der Waals surface area (Å²) in [7, 11) is 0. The molecule has 0 bridgehead atoms. The van der Waals surface area contributed by atoms with E-state index in [0.29, 0.717) is 42.2 Å². The first kappa shape index (κ1) is 38.9. The number of hydrogen-bond acceptors (Lipinski definition) is 11. The van der Waals surface area contributed by atoms with Gasteiger partial charge in [0.25, 0.3) is 17.7 Å². The molecule has 4 aromatic rings. The monoisotopic (exact) mass is 777 g/mol. The average molecular weight is 778 g/mol. The van der Waals surface area contributed by atoms with Crippen LogP contribution in [0.15, 0.2) is 79.0 Å². The maximum Gasteiger partial charge on any atom is 0.262 e. The third-order valence-electron chi connectivity index (χ3n) is 10.2. The quantitative estimate of drug-likeness (QED) is 0.0748. The summed E-state index contributed by atoms with van der Waals surface area (Å²) in [6, 6.07) is 22.4. The summed E-state index contributed by atoms with van der Waals surface area (Å²) in [5.74, 6) is 3.96. The molecule has 15 nitrogen and oxygen atoms in total. The van der Waals surface area contributed by atoms with E-state index < -0.39 is 29.7 Å². The van der Waals surface area contributed by atoms with Crippen LogP contribution >= 0.6 is 0 Å². The summed E-state index contributed by atoms with van der Waals surface area (Å²) >= 11 is 0. The number of rotatable bonds is 11. The molecular weight excluding hydrogens is 739 g/mol. The van der Waals surface area contributed by atoms with Gasteiger partial charge in [0.2, 0.25) is 23.7 Å². The predicted octanol–water partition coefficient (Wildman–Crippen LogP) is 3.71. The van der Waals surface area contributed by atoms with E-state index in [1.807, 2.05) is 30.3 Å². The highest BCUT2D eigenvalue weighted by Gasteiger charge is 2.44. The van der Waals surface area contributed by atoms with E-state index in [1.54, 1.807) is 48.7 Å². The second kappa shape index (κ2) is 17.6. The Morgan fingerprint density at radius 1 is 0.879 bits per heavy atom. The Labute approximate surface area is 334 Å². The van der Waals surface area contributed by atoms with Gasteiger partial charge in [-0.2, -0.15) is 5.26 Å². The van der Waals surface area contributed by atoms with Gasteiger partial charge in [0, 0.05) is 72.7 Å².